The van der Waals surface area contributed by atoms with Crippen molar-refractivity contribution >= 4 is 27.9 Å². The monoisotopic (exact) mass is 370 g/mol. The lowest BCUT2D eigenvalue weighted by molar-refractivity contribution is 0.629. The summed E-state index contributed by atoms with van der Waals surface area (Å²) in [6.45, 7) is 1.93. The van der Waals surface area contributed by atoms with E-state index in [1.165, 1.54) is 12.1 Å². The molecule has 0 bridgehead atoms. The summed E-state index contributed by atoms with van der Waals surface area (Å²) in [5.74, 6) is 0.790. The zero-order valence-corrected chi connectivity index (χ0v) is 15.0. The minimum atomic E-state index is -0.316. The summed E-state index contributed by atoms with van der Waals surface area (Å²) < 4.78 is 15.5. The van der Waals surface area contributed by atoms with E-state index in [9.17, 15) is 4.39 Å². The number of hydrogen-bond donors (Lipinski definition) is 1. The molecule has 0 amide bonds. The third-order valence-electron chi connectivity index (χ3n) is 4.47. The zero-order chi connectivity index (χ0) is 19.1. The van der Waals surface area contributed by atoms with Crippen molar-refractivity contribution in [1.29, 1.82) is 0 Å². The van der Waals surface area contributed by atoms with Gasteiger partial charge >= 0.3 is 0 Å². The molecule has 0 radical (unpaired) electrons. The number of anilines is 2. The number of halogens is 1. The number of nitrogens with zero attached hydrogens (tertiary/aromatic N) is 5. The van der Waals surface area contributed by atoms with Crippen LogP contribution >= 0.6 is 0 Å². The number of aryl methyl sites for hydroxylation is 1. The van der Waals surface area contributed by atoms with Crippen molar-refractivity contribution in [2.45, 2.75) is 6.92 Å². The largest absolute Gasteiger partial charge is 0.338 e. The average molecular weight is 370 g/mol. The molecule has 5 rings (SSSR count). The van der Waals surface area contributed by atoms with Crippen LogP contribution in [0, 0.1) is 12.7 Å². The Hall–Kier alpha value is -3.87. The van der Waals surface area contributed by atoms with Gasteiger partial charge in [0.05, 0.1) is 11.2 Å². The molecule has 28 heavy (non-hydrogen) atoms. The van der Waals surface area contributed by atoms with Crippen molar-refractivity contribution in [1.82, 2.24) is 24.6 Å². The average Bonchev–Trinajstić information content (AvgIpc) is 3.17. The van der Waals surface area contributed by atoms with Gasteiger partial charge in [-0.25, -0.2) is 18.9 Å². The molecule has 0 saturated heterocycles. The van der Waals surface area contributed by atoms with Crippen LogP contribution in [0.2, 0.25) is 0 Å². The van der Waals surface area contributed by atoms with Gasteiger partial charge in [0.1, 0.15) is 17.0 Å². The molecular formula is C21H15FN6. The highest BCUT2D eigenvalue weighted by molar-refractivity contribution is 5.94. The molecule has 1 N–H and O–H groups in total. The first-order chi connectivity index (χ1) is 13.7. The maximum absolute atomic E-state index is 13.8. The van der Waals surface area contributed by atoms with Gasteiger partial charge in [-0.15, -0.1) is 5.10 Å². The predicted octanol–water partition coefficient (Wildman–Crippen LogP) is 4.53. The Morgan fingerprint density at radius 2 is 1.93 bits per heavy atom. The minimum absolute atomic E-state index is 0.316. The predicted molar refractivity (Wildman–Crippen MR) is 106 cm³/mol. The second kappa shape index (κ2) is 6.38. The topological polar surface area (TPSA) is 68.0 Å². The van der Waals surface area contributed by atoms with Gasteiger partial charge in [-0.05, 0) is 55.5 Å². The number of aromatic nitrogens is 5. The molecule has 4 aromatic heterocycles. The molecule has 0 aliphatic heterocycles. The van der Waals surface area contributed by atoms with Crippen LogP contribution in [0.1, 0.15) is 5.69 Å². The van der Waals surface area contributed by atoms with Crippen molar-refractivity contribution in [2.75, 3.05) is 5.32 Å². The summed E-state index contributed by atoms with van der Waals surface area (Å²) in [7, 11) is 0. The summed E-state index contributed by atoms with van der Waals surface area (Å²) in [6.07, 6.45) is 3.54. The first-order valence-corrected chi connectivity index (χ1v) is 8.78. The van der Waals surface area contributed by atoms with Crippen molar-refractivity contribution in [3.8, 4) is 11.5 Å². The molecular weight excluding hydrogens is 355 g/mol. The molecule has 4 heterocycles. The number of pyridine rings is 2. The van der Waals surface area contributed by atoms with Gasteiger partial charge in [0.25, 0.3) is 0 Å². The maximum atomic E-state index is 13.8. The molecule has 0 saturated carbocycles. The number of nitrogens with one attached hydrogen (secondary N) is 1. The Labute approximate surface area is 159 Å². The number of rotatable bonds is 3. The normalized spacial score (nSPS) is 11.2. The highest BCUT2D eigenvalue weighted by Crippen LogP contribution is 2.28. The molecule has 0 aliphatic rings. The van der Waals surface area contributed by atoms with Gasteiger partial charge in [0.15, 0.2) is 5.82 Å². The smallest absolute Gasteiger partial charge is 0.200 e. The first kappa shape index (κ1) is 16.3. The van der Waals surface area contributed by atoms with E-state index >= 15 is 0 Å². The van der Waals surface area contributed by atoms with Crippen molar-refractivity contribution in [3.63, 3.8) is 0 Å². The molecule has 1 aromatic carbocycles. The van der Waals surface area contributed by atoms with E-state index in [1.54, 1.807) is 22.8 Å². The molecule has 0 atom stereocenters. The van der Waals surface area contributed by atoms with E-state index in [4.69, 9.17) is 0 Å². The quantitative estimate of drug-likeness (QED) is 0.505. The molecule has 7 heteroatoms. The molecule has 0 aliphatic carbocycles. The third kappa shape index (κ3) is 2.83. The summed E-state index contributed by atoms with van der Waals surface area (Å²) >= 11 is 0. The van der Waals surface area contributed by atoms with Crippen molar-refractivity contribution in [3.05, 3.63) is 78.5 Å². The fourth-order valence-electron chi connectivity index (χ4n) is 3.16. The molecule has 0 unspecified atom stereocenters. The number of hydrogen-bond acceptors (Lipinski definition) is 5. The lowest BCUT2D eigenvalue weighted by atomic mass is 10.2. The van der Waals surface area contributed by atoms with Crippen LogP contribution in [0.3, 0.4) is 0 Å². The van der Waals surface area contributed by atoms with Gasteiger partial charge in [-0.3, -0.25) is 4.98 Å². The second-order valence-electron chi connectivity index (χ2n) is 6.43. The van der Waals surface area contributed by atoms with Gasteiger partial charge < -0.3 is 5.32 Å². The van der Waals surface area contributed by atoms with Crippen LogP contribution < -0.4 is 5.32 Å². The molecule has 0 fully saturated rings. The first-order valence-electron chi connectivity index (χ1n) is 8.78. The summed E-state index contributed by atoms with van der Waals surface area (Å²) in [5.41, 5.74) is 3.79. The highest BCUT2D eigenvalue weighted by atomic mass is 19.1. The maximum Gasteiger partial charge on any atom is 0.200 e. The summed E-state index contributed by atoms with van der Waals surface area (Å²) in [4.78, 5) is 13.5. The molecule has 136 valence electrons. The third-order valence-corrected chi connectivity index (χ3v) is 4.47. The highest BCUT2D eigenvalue weighted by Gasteiger charge is 2.12. The lowest BCUT2D eigenvalue weighted by Crippen LogP contribution is -2.04. The standard InChI is InChI=1S/C21H15FN6/c1-13-4-2-5-18(24-13)20-26-21(19-6-3-11-28(19)27-20)25-17-9-10-23-16-8-7-14(22)12-15(16)17/h2-12H,1H3,(H,23,25,26,27). The Morgan fingerprint density at radius 1 is 1.00 bits per heavy atom. The zero-order valence-electron chi connectivity index (χ0n) is 15.0. The second-order valence-corrected chi connectivity index (χ2v) is 6.43. The van der Waals surface area contributed by atoms with Crippen LogP contribution in [0.15, 0.2) is 67.0 Å². The Kier molecular flexibility index (Phi) is 3.72. The Balaban J connectivity index is 1.67. The van der Waals surface area contributed by atoms with E-state index < -0.39 is 0 Å². The summed E-state index contributed by atoms with van der Waals surface area (Å²) in [5, 5.41) is 8.56. The van der Waals surface area contributed by atoms with Crippen LogP contribution in [0.5, 0.6) is 0 Å². The van der Waals surface area contributed by atoms with Crippen LogP contribution in [0.25, 0.3) is 27.9 Å². The van der Waals surface area contributed by atoms with Gasteiger partial charge in [-0.1, -0.05) is 6.07 Å². The Morgan fingerprint density at radius 3 is 2.82 bits per heavy atom. The van der Waals surface area contributed by atoms with E-state index in [0.717, 1.165) is 16.9 Å². The van der Waals surface area contributed by atoms with E-state index in [2.05, 4.69) is 25.4 Å². The minimum Gasteiger partial charge on any atom is -0.338 e. The fraction of sp³-hybridized carbons (Fsp3) is 0.0476. The SMILES string of the molecule is Cc1cccc(-c2nc(Nc3ccnc4ccc(F)cc34)c3cccn3n2)n1. The van der Waals surface area contributed by atoms with E-state index in [0.29, 0.717) is 28.2 Å². The van der Waals surface area contributed by atoms with E-state index in [1.807, 2.05) is 43.5 Å². The van der Waals surface area contributed by atoms with Crippen molar-refractivity contribution < 1.29 is 4.39 Å². The molecule has 5 aromatic rings. The van der Waals surface area contributed by atoms with Gasteiger partial charge in [-0.2, -0.15) is 0 Å². The summed E-state index contributed by atoms with van der Waals surface area (Å²) in [6, 6.07) is 15.9. The molecule has 6 nitrogen and oxygen atoms in total. The molecule has 0 spiro atoms. The number of benzene rings is 1. The number of fused-ring (bicyclic) bond motifs is 2. The fourth-order valence-corrected chi connectivity index (χ4v) is 3.16. The van der Waals surface area contributed by atoms with E-state index in [-0.39, 0.29) is 5.82 Å². The Bertz CT molecular complexity index is 1330. The van der Waals surface area contributed by atoms with Gasteiger partial charge in [0, 0.05) is 23.5 Å². The van der Waals surface area contributed by atoms with Crippen LogP contribution in [-0.2, 0) is 0 Å². The lowest BCUT2D eigenvalue weighted by Gasteiger charge is -2.12. The van der Waals surface area contributed by atoms with Crippen LogP contribution in [-0.4, -0.2) is 24.6 Å². The van der Waals surface area contributed by atoms with Crippen molar-refractivity contribution in [2.24, 2.45) is 0 Å². The van der Waals surface area contributed by atoms with Crippen LogP contribution in [0.4, 0.5) is 15.9 Å². The van der Waals surface area contributed by atoms with Gasteiger partial charge in [0.2, 0.25) is 5.82 Å².